The van der Waals surface area contributed by atoms with Gasteiger partial charge in [-0.3, -0.25) is 0 Å². The maximum absolute atomic E-state index is 6.12. The summed E-state index contributed by atoms with van der Waals surface area (Å²) in [5, 5.41) is 9.73. The van der Waals surface area contributed by atoms with Gasteiger partial charge in [0.15, 0.2) is 6.23 Å². The van der Waals surface area contributed by atoms with E-state index in [1.165, 1.54) is 0 Å². The summed E-state index contributed by atoms with van der Waals surface area (Å²) in [5.41, 5.74) is 3.62. The van der Waals surface area contributed by atoms with Crippen molar-refractivity contribution in [3.63, 3.8) is 0 Å². The van der Waals surface area contributed by atoms with Crippen LogP contribution >= 0.6 is 0 Å². The molecule has 0 aliphatic carbocycles. The monoisotopic (exact) mass is 494 g/mol. The summed E-state index contributed by atoms with van der Waals surface area (Å²) in [4.78, 5) is 11.7. The van der Waals surface area contributed by atoms with Gasteiger partial charge in [-0.2, -0.15) is 15.1 Å². The molecular formula is C26H34N6O4. The third kappa shape index (κ3) is 4.72. The Balaban J connectivity index is 1.47. The number of methoxy groups -OCH3 is 1. The molecule has 3 aliphatic heterocycles. The molecule has 2 fully saturated rings. The van der Waals surface area contributed by atoms with E-state index in [1.807, 2.05) is 10.7 Å². The molecule has 5 heterocycles. The maximum atomic E-state index is 6.12. The molecule has 36 heavy (non-hydrogen) atoms. The molecule has 10 heteroatoms. The molecule has 4 bridgehead atoms. The van der Waals surface area contributed by atoms with Crippen molar-refractivity contribution in [2.75, 3.05) is 56.8 Å². The van der Waals surface area contributed by atoms with Gasteiger partial charge in [0.2, 0.25) is 0 Å². The van der Waals surface area contributed by atoms with Crippen LogP contribution in [-0.4, -0.2) is 78.5 Å². The van der Waals surface area contributed by atoms with Gasteiger partial charge in [0.25, 0.3) is 0 Å². The molecule has 0 spiro atoms. The Morgan fingerprint density at radius 1 is 1.03 bits per heavy atom. The summed E-state index contributed by atoms with van der Waals surface area (Å²) in [5.74, 6) is 0.813. The van der Waals surface area contributed by atoms with Gasteiger partial charge in [0.05, 0.1) is 18.2 Å². The number of fused-ring (bicyclic) bond motifs is 4. The zero-order valence-corrected chi connectivity index (χ0v) is 21.0. The van der Waals surface area contributed by atoms with Crippen LogP contribution < -0.4 is 15.0 Å². The first-order valence-electron chi connectivity index (χ1n) is 13.0. The fourth-order valence-corrected chi connectivity index (χ4v) is 5.00. The van der Waals surface area contributed by atoms with Gasteiger partial charge in [0.1, 0.15) is 23.8 Å². The minimum atomic E-state index is -0.0784. The van der Waals surface area contributed by atoms with Crippen molar-refractivity contribution in [1.29, 1.82) is 0 Å². The van der Waals surface area contributed by atoms with Crippen LogP contribution in [0.25, 0.3) is 22.3 Å². The highest BCUT2D eigenvalue weighted by Gasteiger charge is 2.30. The van der Waals surface area contributed by atoms with Crippen LogP contribution in [-0.2, 0) is 14.2 Å². The standard InChI is InChI=1S/C26H34N6O4/c1-17-8-10-34-11-12-36-26-28-21(14-23(29-26)31-15-19(16-31)33-2)25-20-13-18(27-17)6-7-22(20)32(30-25)24-5-3-4-9-35-24/h6-7,13-14,17,19,24,27H,3-5,8-12,15-16H2,1-2H3/t17-,24?/m0/s1. The zero-order valence-electron chi connectivity index (χ0n) is 21.0. The number of hydrogen-bond donors (Lipinski definition) is 1. The van der Waals surface area contributed by atoms with Crippen LogP contribution in [0, 0.1) is 0 Å². The SMILES string of the molecule is COC1CN(c2cc3nc(n2)OCCOCC[C@H](C)Nc2ccc4c(c2)c-3nn4C2CCCCO2)C1. The maximum Gasteiger partial charge on any atom is 0.319 e. The molecule has 1 aromatic carbocycles. The van der Waals surface area contributed by atoms with Crippen molar-refractivity contribution < 1.29 is 18.9 Å². The van der Waals surface area contributed by atoms with Crippen molar-refractivity contribution in [3.8, 4) is 17.4 Å². The normalized spacial score (nSPS) is 23.4. The lowest BCUT2D eigenvalue weighted by Gasteiger charge is -2.39. The van der Waals surface area contributed by atoms with Crippen molar-refractivity contribution in [2.45, 2.75) is 51.0 Å². The fraction of sp³-hybridized carbons (Fsp3) is 0.577. The Morgan fingerprint density at radius 3 is 2.78 bits per heavy atom. The van der Waals surface area contributed by atoms with Crippen LogP contribution in [0.4, 0.5) is 11.5 Å². The van der Waals surface area contributed by atoms with Gasteiger partial charge in [-0.05, 0) is 50.8 Å². The number of nitrogens with zero attached hydrogens (tertiary/aromatic N) is 5. The van der Waals surface area contributed by atoms with Crippen LogP contribution in [0.3, 0.4) is 0 Å². The van der Waals surface area contributed by atoms with E-state index in [1.54, 1.807) is 7.11 Å². The third-order valence-corrected chi connectivity index (χ3v) is 7.14. The lowest BCUT2D eigenvalue weighted by molar-refractivity contribution is -0.0365. The lowest BCUT2D eigenvalue weighted by Crippen LogP contribution is -2.52. The van der Waals surface area contributed by atoms with Gasteiger partial charge in [-0.1, -0.05) is 0 Å². The van der Waals surface area contributed by atoms with Crippen molar-refractivity contribution in [1.82, 2.24) is 19.7 Å². The zero-order chi connectivity index (χ0) is 24.5. The van der Waals surface area contributed by atoms with Gasteiger partial charge < -0.3 is 29.2 Å². The molecule has 0 amide bonds. The second-order valence-electron chi connectivity index (χ2n) is 9.80. The highest BCUT2D eigenvalue weighted by Crippen LogP contribution is 2.36. The van der Waals surface area contributed by atoms with E-state index >= 15 is 0 Å². The molecule has 2 atom stereocenters. The molecule has 2 aromatic heterocycles. The first-order valence-corrected chi connectivity index (χ1v) is 13.0. The van der Waals surface area contributed by atoms with Crippen LogP contribution in [0.2, 0.25) is 0 Å². The quantitative estimate of drug-likeness (QED) is 0.586. The van der Waals surface area contributed by atoms with E-state index in [-0.39, 0.29) is 18.4 Å². The number of hydrogen-bond acceptors (Lipinski definition) is 9. The molecule has 3 aromatic rings. The Kier molecular flexibility index (Phi) is 6.64. The van der Waals surface area contributed by atoms with Crippen molar-refractivity contribution in [2.24, 2.45) is 0 Å². The number of ether oxygens (including phenoxy) is 4. The Hall–Kier alpha value is -2.95. The Morgan fingerprint density at radius 2 is 1.94 bits per heavy atom. The summed E-state index contributed by atoms with van der Waals surface area (Å²) in [6.07, 6.45) is 4.19. The second kappa shape index (κ2) is 10.2. The minimum absolute atomic E-state index is 0.0784. The van der Waals surface area contributed by atoms with Gasteiger partial charge in [0, 0.05) is 56.6 Å². The fourth-order valence-electron chi connectivity index (χ4n) is 5.00. The molecular weight excluding hydrogens is 460 g/mol. The first-order chi connectivity index (χ1) is 17.7. The third-order valence-electron chi connectivity index (χ3n) is 7.14. The van der Waals surface area contributed by atoms with E-state index in [4.69, 9.17) is 34.0 Å². The summed E-state index contributed by atoms with van der Waals surface area (Å²) in [7, 11) is 1.74. The molecule has 6 rings (SSSR count). The molecule has 2 saturated heterocycles. The lowest BCUT2D eigenvalue weighted by atomic mass is 10.1. The number of anilines is 2. The average Bonchev–Trinajstić information content (AvgIpc) is 3.24. The average molecular weight is 495 g/mol. The van der Waals surface area contributed by atoms with Gasteiger partial charge in [-0.25, -0.2) is 4.68 Å². The number of benzene rings is 1. The van der Waals surface area contributed by atoms with E-state index in [9.17, 15) is 0 Å². The number of nitrogens with one attached hydrogen (secondary N) is 1. The predicted molar refractivity (Wildman–Crippen MR) is 137 cm³/mol. The molecule has 192 valence electrons. The van der Waals surface area contributed by atoms with Crippen LogP contribution in [0.1, 0.15) is 38.8 Å². The van der Waals surface area contributed by atoms with E-state index in [2.05, 4.69) is 35.3 Å². The Bertz CT molecular complexity index is 1200. The number of rotatable bonds is 3. The molecule has 3 aliphatic rings. The highest BCUT2D eigenvalue weighted by atomic mass is 16.5. The Labute approximate surface area is 210 Å². The van der Waals surface area contributed by atoms with Crippen molar-refractivity contribution in [3.05, 3.63) is 24.3 Å². The van der Waals surface area contributed by atoms with Crippen molar-refractivity contribution >= 4 is 22.4 Å². The van der Waals surface area contributed by atoms with E-state index in [0.717, 1.165) is 79.2 Å². The smallest absolute Gasteiger partial charge is 0.319 e. The predicted octanol–water partition coefficient (Wildman–Crippen LogP) is 3.63. The molecule has 0 saturated carbocycles. The second-order valence-corrected chi connectivity index (χ2v) is 9.80. The molecule has 1 N–H and O–H groups in total. The molecule has 10 nitrogen and oxygen atoms in total. The number of aromatic nitrogens is 4. The van der Waals surface area contributed by atoms with E-state index < -0.39 is 0 Å². The summed E-state index contributed by atoms with van der Waals surface area (Å²) in [6, 6.07) is 9.02. The van der Waals surface area contributed by atoms with Crippen LogP contribution in [0.5, 0.6) is 6.01 Å². The molecule has 0 radical (unpaired) electrons. The summed E-state index contributed by atoms with van der Waals surface area (Å²) < 4.78 is 25.4. The molecule has 1 unspecified atom stereocenters. The summed E-state index contributed by atoms with van der Waals surface area (Å²) in [6.45, 7) is 6.02. The first kappa shape index (κ1) is 23.4. The summed E-state index contributed by atoms with van der Waals surface area (Å²) >= 11 is 0. The minimum Gasteiger partial charge on any atom is -0.461 e. The van der Waals surface area contributed by atoms with Crippen LogP contribution in [0.15, 0.2) is 24.3 Å². The highest BCUT2D eigenvalue weighted by molar-refractivity contribution is 5.95. The van der Waals surface area contributed by atoms with Gasteiger partial charge in [-0.15, -0.1) is 0 Å². The topological polar surface area (TPSA) is 95.8 Å². The van der Waals surface area contributed by atoms with Gasteiger partial charge >= 0.3 is 6.01 Å². The largest absolute Gasteiger partial charge is 0.461 e. The van der Waals surface area contributed by atoms with E-state index in [0.29, 0.717) is 25.8 Å².